The molecule has 26 heavy (non-hydrogen) atoms. The maximum Gasteiger partial charge on any atom is 0.335 e. The second kappa shape index (κ2) is 7.23. The Labute approximate surface area is 152 Å². The van der Waals surface area contributed by atoms with E-state index in [9.17, 15) is 4.79 Å². The number of benzene rings is 2. The monoisotopic (exact) mass is 348 g/mol. The first-order chi connectivity index (χ1) is 12.4. The van der Waals surface area contributed by atoms with Gasteiger partial charge in [0.15, 0.2) is 0 Å². The number of anilines is 4. The van der Waals surface area contributed by atoms with Crippen LogP contribution < -0.4 is 10.6 Å². The smallest absolute Gasteiger partial charge is 0.335 e. The molecule has 0 aliphatic heterocycles. The highest BCUT2D eigenvalue weighted by Crippen LogP contribution is 2.22. The molecule has 1 heterocycles. The zero-order chi connectivity index (χ0) is 18.7. The molecule has 2 aromatic carbocycles. The Morgan fingerprint density at radius 1 is 0.923 bits per heavy atom. The molecule has 6 heteroatoms. The number of aryl methyl sites for hydroxylation is 3. The molecule has 0 unspecified atom stereocenters. The molecule has 0 aliphatic carbocycles. The van der Waals surface area contributed by atoms with Crippen molar-refractivity contribution in [1.82, 2.24) is 9.97 Å². The van der Waals surface area contributed by atoms with Crippen LogP contribution in [0.1, 0.15) is 27.2 Å². The van der Waals surface area contributed by atoms with E-state index in [0.717, 1.165) is 28.2 Å². The van der Waals surface area contributed by atoms with E-state index < -0.39 is 5.97 Å². The largest absolute Gasteiger partial charge is 0.478 e. The number of nitrogens with zero attached hydrogens (tertiary/aromatic N) is 2. The van der Waals surface area contributed by atoms with E-state index in [1.165, 1.54) is 0 Å². The molecule has 0 spiro atoms. The molecule has 0 atom stereocenters. The SMILES string of the molecule is Cc1ccc(C)c(Nc2nc(C)cc(Nc3ccc(C(=O)O)cc3)n2)c1. The Kier molecular flexibility index (Phi) is 4.84. The topological polar surface area (TPSA) is 87.1 Å². The normalized spacial score (nSPS) is 10.4. The van der Waals surface area contributed by atoms with E-state index in [-0.39, 0.29) is 5.56 Å². The molecule has 132 valence electrons. The second-order valence-electron chi connectivity index (χ2n) is 6.17. The van der Waals surface area contributed by atoms with Gasteiger partial charge in [0.05, 0.1) is 5.56 Å². The predicted molar refractivity (Wildman–Crippen MR) is 103 cm³/mol. The van der Waals surface area contributed by atoms with Crippen molar-refractivity contribution in [1.29, 1.82) is 0 Å². The van der Waals surface area contributed by atoms with Crippen LogP contribution in [-0.2, 0) is 0 Å². The number of hydrogen-bond acceptors (Lipinski definition) is 5. The minimum atomic E-state index is -0.950. The zero-order valence-electron chi connectivity index (χ0n) is 14.9. The lowest BCUT2D eigenvalue weighted by Gasteiger charge is -2.12. The van der Waals surface area contributed by atoms with Crippen LogP contribution >= 0.6 is 0 Å². The fourth-order valence-corrected chi connectivity index (χ4v) is 2.52. The van der Waals surface area contributed by atoms with Gasteiger partial charge in [0.2, 0.25) is 5.95 Å². The minimum absolute atomic E-state index is 0.242. The lowest BCUT2D eigenvalue weighted by atomic mass is 10.1. The molecule has 0 fully saturated rings. The average molecular weight is 348 g/mol. The van der Waals surface area contributed by atoms with E-state index in [2.05, 4.69) is 38.8 Å². The number of hydrogen-bond donors (Lipinski definition) is 3. The third-order valence-electron chi connectivity index (χ3n) is 3.90. The minimum Gasteiger partial charge on any atom is -0.478 e. The summed E-state index contributed by atoms with van der Waals surface area (Å²) in [4.78, 5) is 19.9. The Morgan fingerprint density at radius 2 is 1.65 bits per heavy atom. The van der Waals surface area contributed by atoms with Crippen LogP contribution in [0.2, 0.25) is 0 Å². The summed E-state index contributed by atoms with van der Waals surface area (Å²) in [6.45, 7) is 5.96. The van der Waals surface area contributed by atoms with Crippen molar-refractivity contribution in [2.24, 2.45) is 0 Å². The van der Waals surface area contributed by atoms with Gasteiger partial charge in [-0.15, -0.1) is 0 Å². The molecule has 0 bridgehead atoms. The Bertz CT molecular complexity index is 953. The third-order valence-corrected chi connectivity index (χ3v) is 3.90. The molecule has 3 rings (SSSR count). The van der Waals surface area contributed by atoms with Crippen LogP contribution in [0.3, 0.4) is 0 Å². The summed E-state index contributed by atoms with van der Waals surface area (Å²) in [5.41, 5.74) is 5.05. The number of nitrogens with one attached hydrogen (secondary N) is 2. The molecular formula is C20H20N4O2. The summed E-state index contributed by atoms with van der Waals surface area (Å²) >= 11 is 0. The standard InChI is InChI=1S/C20H20N4O2/c1-12-4-5-13(2)17(10-12)23-20-21-14(3)11-18(24-20)22-16-8-6-15(7-9-16)19(25)26/h4-11H,1-3H3,(H,25,26)(H2,21,22,23,24). The highest BCUT2D eigenvalue weighted by molar-refractivity contribution is 5.88. The first kappa shape index (κ1) is 17.4. The van der Waals surface area contributed by atoms with E-state index in [0.29, 0.717) is 11.8 Å². The molecule has 3 aromatic rings. The molecule has 3 N–H and O–H groups in total. The predicted octanol–water partition coefficient (Wildman–Crippen LogP) is 4.59. The van der Waals surface area contributed by atoms with Crippen LogP contribution in [0.4, 0.5) is 23.1 Å². The molecule has 0 amide bonds. The quantitative estimate of drug-likeness (QED) is 0.625. The van der Waals surface area contributed by atoms with Crippen molar-refractivity contribution in [3.63, 3.8) is 0 Å². The summed E-state index contributed by atoms with van der Waals surface area (Å²) in [7, 11) is 0. The van der Waals surface area contributed by atoms with E-state index in [4.69, 9.17) is 5.11 Å². The summed E-state index contributed by atoms with van der Waals surface area (Å²) in [6.07, 6.45) is 0. The van der Waals surface area contributed by atoms with Gasteiger partial charge >= 0.3 is 5.97 Å². The number of aromatic carboxylic acids is 1. The zero-order valence-corrected chi connectivity index (χ0v) is 14.9. The van der Waals surface area contributed by atoms with Crippen molar-refractivity contribution in [3.05, 3.63) is 70.9 Å². The van der Waals surface area contributed by atoms with Crippen molar-refractivity contribution in [2.75, 3.05) is 10.6 Å². The molecule has 0 aliphatic rings. The highest BCUT2D eigenvalue weighted by atomic mass is 16.4. The fourth-order valence-electron chi connectivity index (χ4n) is 2.52. The van der Waals surface area contributed by atoms with Gasteiger partial charge in [-0.05, 0) is 62.2 Å². The number of carboxylic acid groups (broad SMARTS) is 1. The number of rotatable bonds is 5. The number of aromatic nitrogens is 2. The Balaban J connectivity index is 1.83. The van der Waals surface area contributed by atoms with Gasteiger partial charge in [0.1, 0.15) is 5.82 Å². The van der Waals surface area contributed by atoms with Crippen molar-refractivity contribution in [3.8, 4) is 0 Å². The first-order valence-electron chi connectivity index (χ1n) is 8.21. The summed E-state index contributed by atoms with van der Waals surface area (Å²) < 4.78 is 0. The van der Waals surface area contributed by atoms with Crippen LogP contribution in [0.15, 0.2) is 48.5 Å². The molecule has 0 saturated carbocycles. The fraction of sp³-hybridized carbons (Fsp3) is 0.150. The molecule has 6 nitrogen and oxygen atoms in total. The van der Waals surface area contributed by atoms with Gasteiger partial charge in [0.25, 0.3) is 0 Å². The number of carbonyl (C=O) groups is 1. The lowest BCUT2D eigenvalue weighted by Crippen LogP contribution is -2.03. The number of carboxylic acids is 1. The van der Waals surface area contributed by atoms with E-state index in [1.54, 1.807) is 24.3 Å². The average Bonchev–Trinajstić information content (AvgIpc) is 2.58. The van der Waals surface area contributed by atoms with E-state index in [1.807, 2.05) is 26.8 Å². The Morgan fingerprint density at radius 3 is 2.35 bits per heavy atom. The third kappa shape index (κ3) is 4.16. The lowest BCUT2D eigenvalue weighted by molar-refractivity contribution is 0.0697. The molecule has 0 radical (unpaired) electrons. The maximum atomic E-state index is 10.9. The van der Waals surface area contributed by atoms with Crippen molar-refractivity contribution in [2.45, 2.75) is 20.8 Å². The molecule has 1 aromatic heterocycles. The highest BCUT2D eigenvalue weighted by Gasteiger charge is 2.07. The molecule has 0 saturated heterocycles. The van der Waals surface area contributed by atoms with Crippen molar-refractivity contribution >= 4 is 29.1 Å². The summed E-state index contributed by atoms with van der Waals surface area (Å²) in [6, 6.07) is 14.5. The van der Waals surface area contributed by atoms with Gasteiger partial charge in [-0.1, -0.05) is 12.1 Å². The van der Waals surface area contributed by atoms with Crippen molar-refractivity contribution < 1.29 is 9.90 Å². The van der Waals surface area contributed by atoms with Crippen LogP contribution in [0.25, 0.3) is 0 Å². The second-order valence-corrected chi connectivity index (χ2v) is 6.17. The van der Waals surface area contributed by atoms with Gasteiger partial charge in [-0.3, -0.25) is 0 Å². The summed E-state index contributed by atoms with van der Waals surface area (Å²) in [5.74, 6) is 0.186. The Hall–Kier alpha value is -3.41. The maximum absolute atomic E-state index is 10.9. The van der Waals surface area contributed by atoms with E-state index >= 15 is 0 Å². The van der Waals surface area contributed by atoms with Crippen LogP contribution in [0.5, 0.6) is 0 Å². The van der Waals surface area contributed by atoms with Crippen LogP contribution in [0, 0.1) is 20.8 Å². The summed E-state index contributed by atoms with van der Waals surface area (Å²) in [5, 5.41) is 15.4. The molecular weight excluding hydrogens is 328 g/mol. The van der Waals surface area contributed by atoms with Gasteiger partial charge in [-0.2, -0.15) is 4.98 Å². The van der Waals surface area contributed by atoms with Gasteiger partial charge in [0, 0.05) is 23.1 Å². The van der Waals surface area contributed by atoms with Gasteiger partial charge < -0.3 is 15.7 Å². The van der Waals surface area contributed by atoms with Crippen LogP contribution in [-0.4, -0.2) is 21.0 Å². The first-order valence-corrected chi connectivity index (χ1v) is 8.21. The van der Waals surface area contributed by atoms with Gasteiger partial charge in [-0.25, -0.2) is 9.78 Å².